The average molecular weight is 666 g/mol. The molecule has 2 atom stereocenters. The van der Waals surface area contributed by atoms with E-state index in [1.165, 1.54) is 77.0 Å². The summed E-state index contributed by atoms with van der Waals surface area (Å²) < 4.78 is 0. The molecule has 0 radical (unpaired) electrons. The molecule has 0 saturated carbocycles. The van der Waals surface area contributed by atoms with Crippen molar-refractivity contribution in [2.24, 2.45) is 5.41 Å². The van der Waals surface area contributed by atoms with E-state index in [9.17, 15) is 9.90 Å². The molecule has 0 fully saturated rings. The van der Waals surface area contributed by atoms with Crippen molar-refractivity contribution >= 4 is 86.7 Å². The molecule has 0 aromatic rings. The van der Waals surface area contributed by atoms with Crippen molar-refractivity contribution < 1.29 is 9.90 Å². The van der Waals surface area contributed by atoms with E-state index in [1.54, 1.807) is 0 Å². The Morgan fingerprint density at radius 1 is 0.724 bits per heavy atom. The van der Waals surface area contributed by atoms with E-state index in [2.05, 4.69) is 52.6 Å². The van der Waals surface area contributed by atoms with Gasteiger partial charge in [0.25, 0.3) is 0 Å². The van der Waals surface area contributed by atoms with Gasteiger partial charge in [-0.1, -0.05) is 130 Å². The summed E-state index contributed by atoms with van der Waals surface area (Å²) in [5.74, 6) is -0.675. The molecule has 2 nitrogen and oxygen atoms in total. The number of hydrogen-bond acceptors (Lipinski definition) is 1. The van der Waals surface area contributed by atoms with Gasteiger partial charge in [0.1, 0.15) is 0 Å². The van der Waals surface area contributed by atoms with Crippen LogP contribution in [0.2, 0.25) is 0 Å². The summed E-state index contributed by atoms with van der Waals surface area (Å²) in [4.78, 5) is 12.0. The SMILES string of the molecule is CCCCCCCCCCCCCCC(CCC(=O)O)(C(Br)CC)C(Br)CC.[BaH2]. The molecule has 0 heterocycles. The summed E-state index contributed by atoms with van der Waals surface area (Å²) in [5.41, 5.74) is 0.0420. The fourth-order valence-corrected chi connectivity index (χ4v) is 6.30. The third kappa shape index (κ3) is 15.5. The Morgan fingerprint density at radius 2 is 1.10 bits per heavy atom. The van der Waals surface area contributed by atoms with Crippen LogP contribution in [0.15, 0.2) is 0 Å². The minimum absolute atomic E-state index is 0. The quantitative estimate of drug-likeness (QED) is 0.0807. The van der Waals surface area contributed by atoms with Gasteiger partial charge in [-0.3, -0.25) is 4.79 Å². The zero-order valence-electron chi connectivity index (χ0n) is 18.8. The summed E-state index contributed by atoms with van der Waals surface area (Å²) in [7, 11) is 0. The third-order valence-electron chi connectivity index (χ3n) is 6.26. The number of carboxylic acid groups (broad SMARTS) is 1. The molecule has 0 aliphatic rings. The number of unbranched alkanes of at least 4 members (excludes halogenated alkanes) is 11. The van der Waals surface area contributed by atoms with Crippen molar-refractivity contribution in [1.82, 2.24) is 0 Å². The summed E-state index contributed by atoms with van der Waals surface area (Å²) in [6, 6.07) is 0. The van der Waals surface area contributed by atoms with Crippen molar-refractivity contribution in [3.63, 3.8) is 0 Å². The Hall–Kier alpha value is 2.00. The summed E-state index contributed by atoms with van der Waals surface area (Å²) in [5, 5.41) is 9.23. The normalized spacial score (nSPS) is 15.3. The molecule has 0 spiro atoms. The van der Waals surface area contributed by atoms with E-state index < -0.39 is 5.97 Å². The van der Waals surface area contributed by atoms with Gasteiger partial charge in [-0.2, -0.15) is 0 Å². The molecule has 5 heteroatoms. The van der Waals surface area contributed by atoms with Gasteiger partial charge in [-0.15, -0.1) is 0 Å². The van der Waals surface area contributed by atoms with Crippen molar-refractivity contribution in [3.8, 4) is 0 Å². The maximum absolute atomic E-state index is 11.2. The van der Waals surface area contributed by atoms with Gasteiger partial charge in [-0.05, 0) is 31.1 Å². The molecule has 0 bridgehead atoms. The molecule has 172 valence electrons. The molecule has 1 N–H and O–H groups in total. The van der Waals surface area contributed by atoms with Crippen molar-refractivity contribution in [2.45, 2.75) is 140 Å². The van der Waals surface area contributed by atoms with Crippen LogP contribution in [0.3, 0.4) is 0 Å². The topological polar surface area (TPSA) is 37.3 Å². The van der Waals surface area contributed by atoms with E-state index in [-0.39, 0.29) is 60.7 Å². The second kappa shape index (κ2) is 21.8. The molecule has 0 aliphatic carbocycles. The summed E-state index contributed by atoms with van der Waals surface area (Å²) >= 11 is 7.81. The van der Waals surface area contributed by atoms with Crippen molar-refractivity contribution in [2.75, 3.05) is 0 Å². The molecule has 2 unspecified atom stereocenters. The van der Waals surface area contributed by atoms with Gasteiger partial charge in [0.2, 0.25) is 0 Å². The number of carboxylic acids is 1. The monoisotopic (exact) mass is 664 g/mol. The number of aliphatic carboxylic acids is 1. The molecule has 29 heavy (non-hydrogen) atoms. The first kappa shape index (κ1) is 33.2. The first-order chi connectivity index (χ1) is 13.4. The van der Waals surface area contributed by atoms with Gasteiger partial charge in [0, 0.05) is 16.1 Å². The number of alkyl halides is 2. The van der Waals surface area contributed by atoms with Crippen LogP contribution in [0, 0.1) is 5.41 Å². The number of halogens is 2. The predicted octanol–water partition coefficient (Wildman–Crippen LogP) is 8.36. The van der Waals surface area contributed by atoms with Gasteiger partial charge >= 0.3 is 54.9 Å². The van der Waals surface area contributed by atoms with E-state index >= 15 is 0 Å². The number of carbonyl (C=O) groups is 1. The van der Waals surface area contributed by atoms with Crippen LogP contribution >= 0.6 is 31.9 Å². The predicted molar refractivity (Wildman–Crippen MR) is 140 cm³/mol. The fraction of sp³-hybridized carbons (Fsp3) is 0.958. The van der Waals surface area contributed by atoms with Crippen LogP contribution in [0.4, 0.5) is 0 Å². The molecule has 0 aromatic carbocycles. The maximum atomic E-state index is 11.2. The Morgan fingerprint density at radius 3 is 1.45 bits per heavy atom. The molecule has 0 rings (SSSR count). The van der Waals surface area contributed by atoms with Crippen LogP contribution in [-0.4, -0.2) is 69.6 Å². The average Bonchev–Trinajstić information content (AvgIpc) is 2.69. The van der Waals surface area contributed by atoms with Crippen LogP contribution in [0.25, 0.3) is 0 Å². The molecule has 0 aromatic heterocycles. The first-order valence-corrected chi connectivity index (χ1v) is 13.8. The van der Waals surface area contributed by atoms with Gasteiger partial charge in [-0.25, -0.2) is 0 Å². The third-order valence-corrected chi connectivity index (χ3v) is 9.38. The van der Waals surface area contributed by atoms with E-state index in [4.69, 9.17) is 0 Å². The molecular weight excluding hydrogens is 617 g/mol. The van der Waals surface area contributed by atoms with Gasteiger partial charge < -0.3 is 5.11 Å². The standard InChI is InChI=1S/C24H46Br2O2.Ba.2H/c1-4-7-8-9-10-11-12-13-14-15-16-17-19-24(21(25)5-2,22(26)6-3)20-18-23(27)28;;;/h21-22H,4-20H2,1-3H3,(H,27,28);;;. The molecular formula is C24H48BaBr2O2. The Bertz CT molecular complexity index is 370. The van der Waals surface area contributed by atoms with Crippen LogP contribution in [0.5, 0.6) is 0 Å². The molecule has 0 aliphatic heterocycles. The van der Waals surface area contributed by atoms with E-state index in [0.717, 1.165) is 25.7 Å². The first-order valence-electron chi connectivity index (χ1n) is 11.9. The van der Waals surface area contributed by atoms with Gasteiger partial charge in [0.05, 0.1) is 0 Å². The Kier molecular flexibility index (Phi) is 25.0. The summed E-state index contributed by atoms with van der Waals surface area (Å²) in [6.07, 6.45) is 20.6. The number of hydrogen-bond donors (Lipinski definition) is 1. The summed E-state index contributed by atoms with van der Waals surface area (Å²) in [6.45, 7) is 6.68. The van der Waals surface area contributed by atoms with E-state index in [0.29, 0.717) is 9.65 Å². The van der Waals surface area contributed by atoms with Crippen molar-refractivity contribution in [1.29, 1.82) is 0 Å². The fourth-order valence-electron chi connectivity index (χ4n) is 4.40. The van der Waals surface area contributed by atoms with E-state index in [1.807, 2.05) is 0 Å². The molecule has 0 amide bonds. The minimum atomic E-state index is -0.675. The number of rotatable bonds is 20. The zero-order chi connectivity index (χ0) is 21.3. The van der Waals surface area contributed by atoms with Crippen molar-refractivity contribution in [3.05, 3.63) is 0 Å². The van der Waals surface area contributed by atoms with Crippen LogP contribution < -0.4 is 0 Å². The molecule has 0 saturated heterocycles. The Labute approximate surface area is 238 Å². The Balaban J connectivity index is 0. The zero-order valence-corrected chi connectivity index (χ0v) is 22.0. The van der Waals surface area contributed by atoms with Crippen LogP contribution in [-0.2, 0) is 4.79 Å². The second-order valence-electron chi connectivity index (χ2n) is 8.52. The second-order valence-corrected chi connectivity index (χ2v) is 10.7. The van der Waals surface area contributed by atoms with Gasteiger partial charge in [0.15, 0.2) is 0 Å². The van der Waals surface area contributed by atoms with Crippen LogP contribution in [0.1, 0.15) is 130 Å².